The van der Waals surface area contributed by atoms with E-state index in [9.17, 15) is 9.59 Å². The highest BCUT2D eigenvalue weighted by molar-refractivity contribution is 6.02. The molecular formula is C22H40B2O2. The van der Waals surface area contributed by atoms with E-state index in [2.05, 4.69) is 32.0 Å². The van der Waals surface area contributed by atoms with Gasteiger partial charge in [0.25, 0.3) is 0 Å². The van der Waals surface area contributed by atoms with Gasteiger partial charge in [0, 0.05) is 29.7 Å². The molecule has 0 spiro atoms. The largest absolute Gasteiger partial charge is 0.299 e. The molecular weight excluding hydrogens is 318 g/mol. The average molecular weight is 358 g/mol. The van der Waals surface area contributed by atoms with Crippen molar-refractivity contribution in [3.63, 3.8) is 0 Å². The third kappa shape index (κ3) is 11.3. The Labute approximate surface area is 167 Å². The third-order valence-electron chi connectivity index (χ3n) is 3.71. The molecule has 0 saturated heterocycles. The van der Waals surface area contributed by atoms with E-state index in [0.29, 0.717) is 12.8 Å². The van der Waals surface area contributed by atoms with Gasteiger partial charge in [-0.2, -0.15) is 0 Å². The van der Waals surface area contributed by atoms with Gasteiger partial charge < -0.3 is 0 Å². The van der Waals surface area contributed by atoms with Gasteiger partial charge in [0.1, 0.15) is 11.6 Å². The Balaban J connectivity index is -0.000000172. The zero-order chi connectivity index (χ0) is 17.1. The van der Waals surface area contributed by atoms with Gasteiger partial charge in [0.05, 0.1) is 6.42 Å². The molecule has 0 atom stereocenters. The van der Waals surface area contributed by atoms with Crippen molar-refractivity contribution >= 4 is 28.4 Å². The second-order valence-electron chi connectivity index (χ2n) is 5.15. The van der Waals surface area contributed by atoms with E-state index in [-0.39, 0.29) is 55.6 Å². The summed E-state index contributed by atoms with van der Waals surface area (Å²) in [4.78, 5) is 23.1. The molecule has 1 aromatic carbocycles. The van der Waals surface area contributed by atoms with Crippen molar-refractivity contribution in [1.29, 1.82) is 0 Å². The SMILES string of the molecule is C.C.CC.CC.CCc1cc(CC)cc(C2CC(=O)CC(=O)C2)c1.[B].[B]. The third-order valence-corrected chi connectivity index (χ3v) is 3.71. The molecule has 1 aliphatic carbocycles. The van der Waals surface area contributed by atoms with Gasteiger partial charge in [-0.05, 0) is 35.4 Å². The van der Waals surface area contributed by atoms with Crippen LogP contribution in [-0.2, 0) is 22.4 Å². The van der Waals surface area contributed by atoms with Crippen LogP contribution < -0.4 is 0 Å². The second kappa shape index (κ2) is 20.0. The molecule has 0 N–H and O–H groups in total. The first-order chi connectivity index (χ1) is 10.6. The fourth-order valence-corrected chi connectivity index (χ4v) is 2.66. The first-order valence-electron chi connectivity index (χ1n) is 8.78. The summed E-state index contributed by atoms with van der Waals surface area (Å²) in [6, 6.07) is 6.54. The van der Waals surface area contributed by atoms with Crippen molar-refractivity contribution in [2.45, 2.75) is 94.4 Å². The lowest BCUT2D eigenvalue weighted by atomic mass is 9.81. The predicted molar refractivity (Wildman–Crippen MR) is 119 cm³/mol. The summed E-state index contributed by atoms with van der Waals surface area (Å²) in [6.07, 6.45) is 3.19. The monoisotopic (exact) mass is 358 g/mol. The summed E-state index contributed by atoms with van der Waals surface area (Å²) in [6.45, 7) is 12.3. The number of carbonyl (C=O) groups is 2. The molecule has 4 heteroatoms. The molecule has 0 aliphatic heterocycles. The fraction of sp³-hybridized carbons (Fsp3) is 0.636. The highest BCUT2D eigenvalue weighted by atomic mass is 16.1. The summed E-state index contributed by atoms with van der Waals surface area (Å²) < 4.78 is 0. The minimum atomic E-state index is 0. The van der Waals surface area contributed by atoms with Crippen LogP contribution in [0.4, 0.5) is 0 Å². The van der Waals surface area contributed by atoms with Crippen LogP contribution in [0.3, 0.4) is 0 Å². The Morgan fingerprint density at radius 2 is 1.12 bits per heavy atom. The van der Waals surface area contributed by atoms with E-state index in [1.807, 2.05) is 27.7 Å². The molecule has 2 rings (SSSR count). The van der Waals surface area contributed by atoms with E-state index in [4.69, 9.17) is 0 Å². The normalized spacial score (nSPS) is 12.4. The van der Waals surface area contributed by atoms with Crippen LogP contribution in [0, 0.1) is 0 Å². The van der Waals surface area contributed by atoms with Gasteiger partial charge >= 0.3 is 0 Å². The lowest BCUT2D eigenvalue weighted by molar-refractivity contribution is -0.130. The first kappa shape index (κ1) is 35.7. The van der Waals surface area contributed by atoms with Crippen LogP contribution in [0.5, 0.6) is 0 Å². The summed E-state index contributed by atoms with van der Waals surface area (Å²) in [7, 11) is 0. The number of hydrogen-bond donors (Lipinski definition) is 0. The van der Waals surface area contributed by atoms with E-state index >= 15 is 0 Å². The molecule has 1 aromatic rings. The number of aryl methyl sites for hydroxylation is 2. The molecule has 1 saturated carbocycles. The summed E-state index contributed by atoms with van der Waals surface area (Å²) in [5.41, 5.74) is 3.78. The zero-order valence-corrected chi connectivity index (χ0v) is 16.3. The van der Waals surface area contributed by atoms with E-state index in [1.54, 1.807) is 0 Å². The Kier molecular flexibility index (Phi) is 27.5. The highest BCUT2D eigenvalue weighted by Crippen LogP contribution is 2.30. The molecule has 0 heterocycles. The van der Waals surface area contributed by atoms with Gasteiger partial charge in [-0.3, -0.25) is 9.59 Å². The Morgan fingerprint density at radius 3 is 1.42 bits per heavy atom. The lowest BCUT2D eigenvalue weighted by Gasteiger charge is -2.21. The van der Waals surface area contributed by atoms with Gasteiger partial charge in [-0.15, -0.1) is 0 Å². The number of ketones is 2. The highest BCUT2D eigenvalue weighted by Gasteiger charge is 2.26. The number of Topliss-reactive ketones (excluding diaryl/α,β-unsaturated/α-hetero) is 2. The minimum Gasteiger partial charge on any atom is -0.299 e. The fourth-order valence-electron chi connectivity index (χ4n) is 2.66. The number of benzene rings is 1. The molecule has 26 heavy (non-hydrogen) atoms. The molecule has 6 radical (unpaired) electrons. The Morgan fingerprint density at radius 1 is 0.769 bits per heavy atom. The summed E-state index contributed by atoms with van der Waals surface area (Å²) in [5, 5.41) is 0. The van der Waals surface area contributed by atoms with Gasteiger partial charge in [0.15, 0.2) is 0 Å². The van der Waals surface area contributed by atoms with Crippen LogP contribution in [0.1, 0.15) is 98.3 Å². The van der Waals surface area contributed by atoms with Crippen molar-refractivity contribution in [3.8, 4) is 0 Å². The van der Waals surface area contributed by atoms with E-state index < -0.39 is 0 Å². The van der Waals surface area contributed by atoms with Gasteiger partial charge in [-0.1, -0.05) is 74.6 Å². The maximum Gasteiger partial charge on any atom is 0.140 e. The van der Waals surface area contributed by atoms with Crippen LogP contribution in [0.2, 0.25) is 0 Å². The van der Waals surface area contributed by atoms with E-state index in [0.717, 1.165) is 12.8 Å². The van der Waals surface area contributed by atoms with Gasteiger partial charge in [0.2, 0.25) is 0 Å². The van der Waals surface area contributed by atoms with Crippen molar-refractivity contribution in [2.75, 3.05) is 0 Å². The van der Waals surface area contributed by atoms with Crippen LogP contribution in [0.15, 0.2) is 18.2 Å². The average Bonchev–Trinajstić information content (AvgIpc) is 2.57. The predicted octanol–water partition coefficient (Wildman–Crippen LogP) is 5.78. The maximum atomic E-state index is 11.5. The molecule has 1 fully saturated rings. The number of rotatable bonds is 3. The zero-order valence-electron chi connectivity index (χ0n) is 16.3. The van der Waals surface area contributed by atoms with Gasteiger partial charge in [-0.25, -0.2) is 0 Å². The topological polar surface area (TPSA) is 34.1 Å². The molecule has 1 aliphatic rings. The second-order valence-corrected chi connectivity index (χ2v) is 5.15. The molecule has 0 bridgehead atoms. The first-order valence-corrected chi connectivity index (χ1v) is 8.78. The van der Waals surface area contributed by atoms with Crippen molar-refractivity contribution in [3.05, 3.63) is 34.9 Å². The van der Waals surface area contributed by atoms with Crippen LogP contribution in [0.25, 0.3) is 0 Å². The summed E-state index contributed by atoms with van der Waals surface area (Å²) in [5.74, 6) is 0.294. The molecule has 0 aromatic heterocycles. The molecule has 0 amide bonds. The van der Waals surface area contributed by atoms with Crippen LogP contribution >= 0.6 is 0 Å². The van der Waals surface area contributed by atoms with Crippen LogP contribution in [-0.4, -0.2) is 28.4 Å². The lowest BCUT2D eigenvalue weighted by Crippen LogP contribution is -2.21. The maximum absolute atomic E-state index is 11.5. The number of carbonyl (C=O) groups excluding carboxylic acids is 2. The summed E-state index contributed by atoms with van der Waals surface area (Å²) >= 11 is 0. The van der Waals surface area contributed by atoms with E-state index in [1.165, 1.54) is 16.7 Å². The van der Waals surface area contributed by atoms with Crippen molar-refractivity contribution in [2.24, 2.45) is 0 Å². The molecule has 2 nitrogen and oxygen atoms in total. The Hall–Kier alpha value is -1.31. The number of hydrogen-bond acceptors (Lipinski definition) is 2. The minimum absolute atomic E-state index is 0. The molecule has 0 unspecified atom stereocenters. The molecule has 146 valence electrons. The van der Waals surface area contributed by atoms with Crippen molar-refractivity contribution < 1.29 is 9.59 Å². The standard InChI is InChI=1S/C16H20O2.2C2H6.2CH4.2B/c1-3-11-5-12(4-2)7-13(6-11)14-8-15(17)10-16(18)9-14;2*1-2;;;;/h5-7,14H,3-4,8-10H2,1-2H3;2*1-2H3;2*1H4;;. The van der Waals surface area contributed by atoms with Crippen molar-refractivity contribution in [1.82, 2.24) is 0 Å². The smallest absolute Gasteiger partial charge is 0.140 e. The quantitative estimate of drug-likeness (QED) is 0.507. The Bertz CT molecular complexity index is 447.